The molecule has 0 fully saturated rings. The van der Waals surface area contributed by atoms with E-state index in [2.05, 4.69) is 23.8 Å². The Morgan fingerprint density at radius 3 is 2.82 bits per heavy atom. The van der Waals surface area contributed by atoms with Crippen LogP contribution in [0.1, 0.15) is 18.7 Å². The summed E-state index contributed by atoms with van der Waals surface area (Å²) in [6.45, 7) is 3.84. The first kappa shape index (κ1) is 13.2. The van der Waals surface area contributed by atoms with Crippen LogP contribution in [-0.4, -0.2) is 34.6 Å². The molecule has 2 atom stereocenters. The van der Waals surface area contributed by atoms with Gasteiger partial charge in [0.1, 0.15) is 6.61 Å². The van der Waals surface area contributed by atoms with E-state index in [1.54, 1.807) is 0 Å². The summed E-state index contributed by atoms with van der Waals surface area (Å²) in [6, 6.07) is 11.6. The Kier molecular flexibility index (Phi) is 3.06. The minimum Gasteiger partial charge on any atom is -0.485 e. The highest BCUT2D eigenvalue weighted by molar-refractivity contribution is 5.82. The van der Waals surface area contributed by atoms with Gasteiger partial charge in [-0.1, -0.05) is 12.1 Å². The van der Waals surface area contributed by atoms with E-state index in [0.717, 1.165) is 12.2 Å². The molecule has 0 spiro atoms. The fourth-order valence-electron chi connectivity index (χ4n) is 3.21. The minimum absolute atomic E-state index is 0.00514. The van der Waals surface area contributed by atoms with Gasteiger partial charge in [0.25, 0.3) is 5.91 Å². The van der Waals surface area contributed by atoms with Gasteiger partial charge in [0.15, 0.2) is 11.5 Å². The van der Waals surface area contributed by atoms with Crippen molar-refractivity contribution in [2.45, 2.75) is 25.6 Å². The zero-order chi connectivity index (χ0) is 15.1. The van der Waals surface area contributed by atoms with Gasteiger partial charge in [-0.25, -0.2) is 0 Å². The molecule has 4 rings (SSSR count). The first-order chi connectivity index (χ1) is 10.7. The summed E-state index contributed by atoms with van der Waals surface area (Å²) in [6.07, 6.45) is 1.49. The lowest BCUT2D eigenvalue weighted by Crippen LogP contribution is -2.50. The molecule has 1 amide bonds. The molecule has 2 aliphatic heterocycles. The molecule has 114 valence electrons. The van der Waals surface area contributed by atoms with Crippen molar-refractivity contribution in [3.05, 3.63) is 48.3 Å². The van der Waals surface area contributed by atoms with Crippen LogP contribution < -0.4 is 9.47 Å². The Morgan fingerprint density at radius 1 is 1.14 bits per heavy atom. The number of nitrogens with zero attached hydrogens (tertiary/aromatic N) is 2. The van der Waals surface area contributed by atoms with Gasteiger partial charge >= 0.3 is 0 Å². The summed E-state index contributed by atoms with van der Waals surface area (Å²) in [7, 11) is 0. The van der Waals surface area contributed by atoms with Gasteiger partial charge in [0.05, 0.1) is 6.04 Å². The molecule has 0 N–H and O–H groups in total. The second-order valence-corrected chi connectivity index (χ2v) is 5.70. The molecule has 2 aromatic rings. The fraction of sp³-hybridized carbons (Fsp3) is 0.353. The molecule has 0 saturated carbocycles. The predicted molar refractivity (Wildman–Crippen MR) is 80.9 cm³/mol. The number of carbonyl (C=O) groups excluding carboxylic acids is 1. The van der Waals surface area contributed by atoms with E-state index in [9.17, 15) is 4.79 Å². The van der Waals surface area contributed by atoms with Crippen molar-refractivity contribution < 1.29 is 14.3 Å². The van der Waals surface area contributed by atoms with E-state index in [0.29, 0.717) is 18.0 Å². The highest BCUT2D eigenvalue weighted by atomic mass is 16.6. The minimum atomic E-state index is -0.570. The van der Waals surface area contributed by atoms with Crippen LogP contribution in [-0.2, 0) is 11.3 Å². The SMILES string of the molecule is CC1c2cccn2CCN1C(=O)C1COc2ccccc2O1. The molecule has 0 saturated heterocycles. The summed E-state index contributed by atoms with van der Waals surface area (Å²) < 4.78 is 13.7. The average molecular weight is 298 g/mol. The maximum absolute atomic E-state index is 12.8. The van der Waals surface area contributed by atoms with Gasteiger partial charge in [-0.3, -0.25) is 4.79 Å². The van der Waals surface area contributed by atoms with Gasteiger partial charge in [-0.15, -0.1) is 0 Å². The van der Waals surface area contributed by atoms with E-state index >= 15 is 0 Å². The van der Waals surface area contributed by atoms with E-state index in [1.165, 1.54) is 0 Å². The normalized spacial score (nSPS) is 23.0. The molecular formula is C17H18N2O3. The molecule has 0 radical (unpaired) electrons. The number of carbonyl (C=O) groups is 1. The van der Waals surface area contributed by atoms with Crippen LogP contribution in [0.3, 0.4) is 0 Å². The van der Waals surface area contributed by atoms with Crippen LogP contribution >= 0.6 is 0 Å². The van der Waals surface area contributed by atoms with Crippen molar-refractivity contribution in [3.63, 3.8) is 0 Å². The number of hydrogen-bond donors (Lipinski definition) is 0. The number of amides is 1. The number of rotatable bonds is 1. The summed E-state index contributed by atoms with van der Waals surface area (Å²) >= 11 is 0. The van der Waals surface area contributed by atoms with Gasteiger partial charge in [-0.05, 0) is 31.2 Å². The number of hydrogen-bond acceptors (Lipinski definition) is 3. The smallest absolute Gasteiger partial charge is 0.267 e. The molecule has 0 aliphatic carbocycles. The predicted octanol–water partition coefficient (Wildman–Crippen LogP) is 2.23. The Morgan fingerprint density at radius 2 is 1.95 bits per heavy atom. The molecule has 22 heavy (non-hydrogen) atoms. The second kappa shape index (κ2) is 5.09. The van der Waals surface area contributed by atoms with Crippen LogP contribution in [0.5, 0.6) is 11.5 Å². The van der Waals surface area contributed by atoms with E-state index in [-0.39, 0.29) is 18.6 Å². The molecule has 5 heteroatoms. The largest absolute Gasteiger partial charge is 0.485 e. The van der Waals surface area contributed by atoms with Crippen LogP contribution in [0, 0.1) is 0 Å². The quantitative estimate of drug-likeness (QED) is 0.811. The summed E-state index contributed by atoms with van der Waals surface area (Å²) in [5, 5.41) is 0. The molecule has 3 heterocycles. The third-order valence-electron chi connectivity index (χ3n) is 4.41. The van der Waals surface area contributed by atoms with E-state index in [4.69, 9.17) is 9.47 Å². The third kappa shape index (κ3) is 2.04. The molecule has 1 aromatic heterocycles. The third-order valence-corrected chi connectivity index (χ3v) is 4.41. The topological polar surface area (TPSA) is 43.7 Å². The lowest BCUT2D eigenvalue weighted by Gasteiger charge is -2.37. The number of benzene rings is 1. The van der Waals surface area contributed by atoms with Crippen molar-refractivity contribution >= 4 is 5.91 Å². The fourth-order valence-corrected chi connectivity index (χ4v) is 3.21. The van der Waals surface area contributed by atoms with Crippen molar-refractivity contribution in [2.24, 2.45) is 0 Å². The summed E-state index contributed by atoms with van der Waals surface area (Å²) in [5.41, 5.74) is 1.16. The van der Waals surface area contributed by atoms with Gasteiger partial charge in [0, 0.05) is 25.0 Å². The Balaban J connectivity index is 1.54. The number of aromatic nitrogens is 1. The maximum atomic E-state index is 12.8. The molecule has 0 bridgehead atoms. The Labute approximate surface area is 129 Å². The van der Waals surface area contributed by atoms with Gasteiger partial charge < -0.3 is 18.9 Å². The number of para-hydroxylation sites is 2. The maximum Gasteiger partial charge on any atom is 0.267 e. The first-order valence-corrected chi connectivity index (χ1v) is 7.58. The second-order valence-electron chi connectivity index (χ2n) is 5.70. The summed E-state index contributed by atoms with van der Waals surface area (Å²) in [5.74, 6) is 1.33. The van der Waals surface area contributed by atoms with E-state index in [1.807, 2.05) is 35.2 Å². The lowest BCUT2D eigenvalue weighted by molar-refractivity contribution is -0.144. The molecular weight excluding hydrogens is 280 g/mol. The first-order valence-electron chi connectivity index (χ1n) is 7.58. The highest BCUT2D eigenvalue weighted by Crippen LogP contribution is 2.33. The molecule has 2 unspecified atom stereocenters. The Hall–Kier alpha value is -2.43. The van der Waals surface area contributed by atoms with Crippen LogP contribution in [0.25, 0.3) is 0 Å². The summed E-state index contributed by atoms with van der Waals surface area (Å²) in [4.78, 5) is 14.7. The standard InChI is InChI=1S/C17H18N2O3/c1-12-13-5-4-8-18(13)9-10-19(12)17(20)16-11-21-14-6-2-3-7-15(14)22-16/h2-8,12,16H,9-11H2,1H3. The highest BCUT2D eigenvalue weighted by Gasteiger charge is 2.35. The Bertz CT molecular complexity index is 709. The molecule has 2 aliphatic rings. The monoisotopic (exact) mass is 298 g/mol. The van der Waals surface area contributed by atoms with Crippen molar-refractivity contribution in [1.29, 1.82) is 0 Å². The zero-order valence-electron chi connectivity index (χ0n) is 12.4. The van der Waals surface area contributed by atoms with Crippen LogP contribution in [0.15, 0.2) is 42.6 Å². The van der Waals surface area contributed by atoms with Crippen molar-refractivity contribution in [1.82, 2.24) is 9.47 Å². The van der Waals surface area contributed by atoms with Crippen molar-refractivity contribution in [3.8, 4) is 11.5 Å². The lowest BCUT2D eigenvalue weighted by atomic mass is 10.1. The zero-order valence-corrected chi connectivity index (χ0v) is 12.4. The molecule has 1 aromatic carbocycles. The van der Waals surface area contributed by atoms with E-state index < -0.39 is 6.10 Å². The van der Waals surface area contributed by atoms with Crippen molar-refractivity contribution in [2.75, 3.05) is 13.2 Å². The van der Waals surface area contributed by atoms with Crippen LogP contribution in [0.2, 0.25) is 0 Å². The number of ether oxygens (including phenoxy) is 2. The average Bonchev–Trinajstić information content (AvgIpc) is 3.04. The van der Waals surface area contributed by atoms with Crippen LogP contribution in [0.4, 0.5) is 0 Å². The van der Waals surface area contributed by atoms with Gasteiger partial charge in [-0.2, -0.15) is 0 Å². The number of fused-ring (bicyclic) bond motifs is 2. The van der Waals surface area contributed by atoms with Gasteiger partial charge in [0.2, 0.25) is 6.10 Å². The molecule has 5 nitrogen and oxygen atoms in total.